The molecule has 0 aromatic heterocycles. The number of rotatable bonds is 2. The second-order valence-electron chi connectivity index (χ2n) is 3.90. The van der Waals surface area contributed by atoms with Crippen LogP contribution >= 0.6 is 0 Å². The molecule has 0 aliphatic heterocycles. The Balaban J connectivity index is 2.40. The van der Waals surface area contributed by atoms with E-state index in [2.05, 4.69) is 13.0 Å². The Hall–Kier alpha value is -1.02. The van der Waals surface area contributed by atoms with Gasteiger partial charge in [0.25, 0.3) is 0 Å². The molecule has 1 aliphatic rings. The van der Waals surface area contributed by atoms with Gasteiger partial charge in [0.1, 0.15) is 5.75 Å². The molecule has 1 aromatic rings. The van der Waals surface area contributed by atoms with Gasteiger partial charge in [-0.1, -0.05) is 13.0 Å². The second-order valence-corrected chi connectivity index (χ2v) is 3.90. The second kappa shape index (κ2) is 2.74. The molecule has 0 unspecified atom stereocenters. The van der Waals surface area contributed by atoms with Crippen molar-refractivity contribution in [2.45, 2.75) is 31.7 Å². The zero-order valence-electron chi connectivity index (χ0n) is 7.88. The third-order valence-electron chi connectivity index (χ3n) is 2.75. The van der Waals surface area contributed by atoms with Gasteiger partial charge >= 0.3 is 0 Å². The first-order valence-corrected chi connectivity index (χ1v) is 4.76. The number of nitrogens with two attached hydrogens (primary N) is 1. The van der Waals surface area contributed by atoms with Crippen molar-refractivity contribution < 1.29 is 5.11 Å². The molecule has 0 amide bonds. The first-order valence-electron chi connectivity index (χ1n) is 4.76. The van der Waals surface area contributed by atoms with Crippen LogP contribution < -0.4 is 5.73 Å². The van der Waals surface area contributed by atoms with Crippen LogP contribution in [0.15, 0.2) is 18.2 Å². The fourth-order valence-corrected chi connectivity index (χ4v) is 1.59. The summed E-state index contributed by atoms with van der Waals surface area (Å²) in [6, 6.07) is 5.69. The van der Waals surface area contributed by atoms with E-state index in [4.69, 9.17) is 5.73 Å². The predicted molar refractivity (Wildman–Crippen MR) is 52.6 cm³/mol. The molecule has 0 spiro atoms. The summed E-state index contributed by atoms with van der Waals surface area (Å²) in [5.41, 5.74) is 8.16. The van der Waals surface area contributed by atoms with Crippen molar-refractivity contribution >= 4 is 0 Å². The van der Waals surface area contributed by atoms with Gasteiger partial charge in [0.2, 0.25) is 0 Å². The van der Waals surface area contributed by atoms with Gasteiger partial charge in [-0.3, -0.25) is 0 Å². The lowest BCUT2D eigenvalue weighted by molar-refractivity contribution is 0.472. The summed E-state index contributed by atoms with van der Waals surface area (Å²) in [6.45, 7) is 2.08. The Labute approximate surface area is 78.4 Å². The molecule has 2 nitrogen and oxygen atoms in total. The summed E-state index contributed by atoms with van der Waals surface area (Å²) in [4.78, 5) is 0. The summed E-state index contributed by atoms with van der Waals surface area (Å²) in [5, 5.41) is 9.46. The summed E-state index contributed by atoms with van der Waals surface area (Å²) in [5.74, 6) is 0.339. The summed E-state index contributed by atoms with van der Waals surface area (Å²) >= 11 is 0. The van der Waals surface area contributed by atoms with Gasteiger partial charge in [-0.2, -0.15) is 0 Å². The highest BCUT2D eigenvalue weighted by molar-refractivity contribution is 5.39. The molecular weight excluding hydrogens is 162 g/mol. The average molecular weight is 177 g/mol. The van der Waals surface area contributed by atoms with Crippen molar-refractivity contribution in [3.05, 3.63) is 29.3 Å². The third-order valence-corrected chi connectivity index (χ3v) is 2.75. The van der Waals surface area contributed by atoms with E-state index in [-0.39, 0.29) is 5.54 Å². The lowest BCUT2D eigenvalue weighted by atomic mass is 10.0. The van der Waals surface area contributed by atoms with Crippen LogP contribution in [-0.2, 0) is 12.0 Å². The lowest BCUT2D eigenvalue weighted by Crippen LogP contribution is -2.18. The molecule has 2 rings (SSSR count). The first-order chi connectivity index (χ1) is 6.14. The predicted octanol–water partition coefficient (Wildman–Crippen LogP) is 1.90. The maximum atomic E-state index is 9.46. The average Bonchev–Trinajstić information content (AvgIpc) is 2.84. The Morgan fingerprint density at radius 3 is 2.62 bits per heavy atom. The van der Waals surface area contributed by atoms with Crippen LogP contribution in [0.3, 0.4) is 0 Å². The highest BCUT2D eigenvalue weighted by Crippen LogP contribution is 2.43. The van der Waals surface area contributed by atoms with Gasteiger partial charge < -0.3 is 10.8 Å². The Morgan fingerprint density at radius 1 is 1.38 bits per heavy atom. The molecule has 3 N–H and O–H groups in total. The third kappa shape index (κ3) is 1.54. The highest BCUT2D eigenvalue weighted by atomic mass is 16.3. The number of hydrogen-bond acceptors (Lipinski definition) is 2. The SMILES string of the molecule is CCc1cc(O)cc(C2(N)CC2)c1. The zero-order chi connectivity index (χ0) is 9.47. The van der Waals surface area contributed by atoms with E-state index < -0.39 is 0 Å². The normalized spacial score (nSPS) is 18.6. The van der Waals surface area contributed by atoms with E-state index in [1.165, 1.54) is 0 Å². The van der Waals surface area contributed by atoms with Gasteiger partial charge in [0.15, 0.2) is 0 Å². The summed E-state index contributed by atoms with van der Waals surface area (Å²) in [6.07, 6.45) is 3.02. The topological polar surface area (TPSA) is 46.2 Å². The highest BCUT2D eigenvalue weighted by Gasteiger charge is 2.40. The van der Waals surface area contributed by atoms with Crippen molar-refractivity contribution in [3.63, 3.8) is 0 Å². The van der Waals surface area contributed by atoms with Crippen molar-refractivity contribution in [1.82, 2.24) is 0 Å². The molecule has 1 aliphatic carbocycles. The molecule has 13 heavy (non-hydrogen) atoms. The molecule has 1 aromatic carbocycles. The molecule has 2 heteroatoms. The van der Waals surface area contributed by atoms with Gasteiger partial charge in [0.05, 0.1) is 0 Å². The van der Waals surface area contributed by atoms with Crippen LogP contribution in [0.2, 0.25) is 0 Å². The molecule has 0 atom stereocenters. The maximum Gasteiger partial charge on any atom is 0.116 e. The zero-order valence-corrected chi connectivity index (χ0v) is 7.88. The molecule has 0 saturated heterocycles. The Morgan fingerprint density at radius 2 is 2.08 bits per heavy atom. The van der Waals surface area contributed by atoms with E-state index in [1.54, 1.807) is 12.1 Å². The van der Waals surface area contributed by atoms with Crippen LogP contribution in [0.25, 0.3) is 0 Å². The van der Waals surface area contributed by atoms with Crippen LogP contribution in [-0.4, -0.2) is 5.11 Å². The molecule has 0 radical (unpaired) electrons. The van der Waals surface area contributed by atoms with Gasteiger partial charge in [-0.25, -0.2) is 0 Å². The maximum absolute atomic E-state index is 9.46. The van der Waals surface area contributed by atoms with Crippen LogP contribution in [0.4, 0.5) is 0 Å². The summed E-state index contributed by atoms with van der Waals surface area (Å²) < 4.78 is 0. The minimum atomic E-state index is -0.136. The fraction of sp³-hybridized carbons (Fsp3) is 0.455. The van der Waals surface area contributed by atoms with E-state index in [9.17, 15) is 5.11 Å². The van der Waals surface area contributed by atoms with E-state index in [0.29, 0.717) is 5.75 Å². The lowest BCUT2D eigenvalue weighted by Gasteiger charge is -2.11. The number of aromatic hydroxyl groups is 1. The van der Waals surface area contributed by atoms with Gasteiger partial charge in [-0.15, -0.1) is 0 Å². The monoisotopic (exact) mass is 177 g/mol. The van der Waals surface area contributed by atoms with Crippen LogP contribution in [0.5, 0.6) is 5.75 Å². The fourth-order valence-electron chi connectivity index (χ4n) is 1.59. The molecule has 1 fully saturated rings. The van der Waals surface area contributed by atoms with E-state index in [0.717, 1.165) is 30.4 Å². The standard InChI is InChI=1S/C11H15NO/c1-2-8-5-9(7-10(13)6-8)11(12)3-4-11/h5-7,13H,2-4,12H2,1H3. The Kier molecular flexibility index (Phi) is 1.81. The first kappa shape index (κ1) is 8.57. The summed E-state index contributed by atoms with van der Waals surface area (Å²) in [7, 11) is 0. The number of benzene rings is 1. The quantitative estimate of drug-likeness (QED) is 0.724. The van der Waals surface area contributed by atoms with Crippen LogP contribution in [0, 0.1) is 0 Å². The number of aryl methyl sites for hydroxylation is 1. The number of phenolic OH excluding ortho intramolecular Hbond substituents is 1. The van der Waals surface area contributed by atoms with Crippen molar-refractivity contribution in [1.29, 1.82) is 0 Å². The largest absolute Gasteiger partial charge is 0.508 e. The molecule has 0 heterocycles. The van der Waals surface area contributed by atoms with Crippen molar-refractivity contribution in [2.24, 2.45) is 5.73 Å². The minimum absolute atomic E-state index is 0.136. The smallest absolute Gasteiger partial charge is 0.116 e. The minimum Gasteiger partial charge on any atom is -0.508 e. The Bertz CT molecular complexity index is 329. The van der Waals surface area contributed by atoms with Crippen molar-refractivity contribution in [3.8, 4) is 5.75 Å². The van der Waals surface area contributed by atoms with Gasteiger partial charge in [-0.05, 0) is 42.5 Å². The van der Waals surface area contributed by atoms with E-state index >= 15 is 0 Å². The van der Waals surface area contributed by atoms with Crippen molar-refractivity contribution in [2.75, 3.05) is 0 Å². The number of hydrogen-bond donors (Lipinski definition) is 2. The van der Waals surface area contributed by atoms with E-state index in [1.807, 2.05) is 0 Å². The van der Waals surface area contributed by atoms with Crippen LogP contribution in [0.1, 0.15) is 30.9 Å². The number of phenols is 1. The molecule has 1 saturated carbocycles. The molecular formula is C11H15NO. The molecule has 70 valence electrons. The van der Waals surface area contributed by atoms with Gasteiger partial charge in [0, 0.05) is 5.54 Å². The molecule has 0 bridgehead atoms.